The topological polar surface area (TPSA) is 69.6 Å². The number of hydrogen-bond donors (Lipinski definition) is 3. The number of nitrogens with one attached hydrogen (secondary N) is 1. The second-order valence-corrected chi connectivity index (χ2v) is 3.36. The standard InChI is InChI=1S/C10H11NO3/c12-5-6-4-11-9-7(6)2-1-3-8(9)10(13)14/h1-4,7,9,11-12H,5H2,(H,13,14). The van der Waals surface area contributed by atoms with E-state index >= 15 is 0 Å². The average molecular weight is 193 g/mol. The summed E-state index contributed by atoms with van der Waals surface area (Å²) >= 11 is 0. The van der Waals surface area contributed by atoms with E-state index in [4.69, 9.17) is 10.2 Å². The molecule has 0 aromatic heterocycles. The Morgan fingerprint density at radius 1 is 1.57 bits per heavy atom. The minimum atomic E-state index is -0.913. The van der Waals surface area contributed by atoms with Gasteiger partial charge in [-0.25, -0.2) is 4.79 Å². The molecule has 0 bridgehead atoms. The van der Waals surface area contributed by atoms with Gasteiger partial charge in [0.1, 0.15) is 0 Å². The predicted molar refractivity (Wildman–Crippen MR) is 50.4 cm³/mol. The minimum Gasteiger partial charge on any atom is -0.478 e. The van der Waals surface area contributed by atoms with Gasteiger partial charge in [0.25, 0.3) is 0 Å². The molecule has 74 valence electrons. The van der Waals surface area contributed by atoms with Gasteiger partial charge in [0.2, 0.25) is 0 Å². The smallest absolute Gasteiger partial charge is 0.333 e. The number of carboxylic acid groups (broad SMARTS) is 1. The lowest BCUT2D eigenvalue weighted by Gasteiger charge is -2.22. The van der Waals surface area contributed by atoms with Gasteiger partial charge in [0, 0.05) is 5.92 Å². The molecular weight excluding hydrogens is 182 g/mol. The van der Waals surface area contributed by atoms with Crippen molar-refractivity contribution in [1.82, 2.24) is 5.32 Å². The number of aliphatic hydroxyl groups excluding tert-OH is 1. The highest BCUT2D eigenvalue weighted by atomic mass is 16.4. The van der Waals surface area contributed by atoms with Gasteiger partial charge in [-0.15, -0.1) is 0 Å². The number of allylic oxidation sites excluding steroid dienone is 2. The minimum absolute atomic E-state index is 0.0175. The van der Waals surface area contributed by atoms with E-state index in [9.17, 15) is 4.79 Å². The Labute approximate surface area is 81.2 Å². The molecule has 1 heterocycles. The molecule has 0 aromatic rings. The first-order chi connectivity index (χ1) is 6.74. The zero-order chi connectivity index (χ0) is 10.1. The summed E-state index contributed by atoms with van der Waals surface area (Å²) in [7, 11) is 0. The van der Waals surface area contributed by atoms with E-state index in [1.165, 1.54) is 0 Å². The van der Waals surface area contributed by atoms with E-state index in [2.05, 4.69) is 5.32 Å². The molecule has 0 saturated heterocycles. The fourth-order valence-electron chi connectivity index (χ4n) is 1.87. The summed E-state index contributed by atoms with van der Waals surface area (Å²) in [5.41, 5.74) is 1.18. The molecule has 0 amide bonds. The zero-order valence-electron chi connectivity index (χ0n) is 7.47. The van der Waals surface area contributed by atoms with Gasteiger partial charge in [-0.1, -0.05) is 12.2 Å². The van der Waals surface area contributed by atoms with Crippen LogP contribution in [0.15, 0.2) is 35.6 Å². The lowest BCUT2D eigenvalue weighted by Crippen LogP contribution is -2.33. The van der Waals surface area contributed by atoms with Crippen LogP contribution in [0.4, 0.5) is 0 Å². The monoisotopic (exact) mass is 193 g/mol. The Bertz CT molecular complexity index is 354. The second kappa shape index (κ2) is 3.31. The van der Waals surface area contributed by atoms with Crippen molar-refractivity contribution in [2.24, 2.45) is 5.92 Å². The summed E-state index contributed by atoms with van der Waals surface area (Å²) in [6.45, 7) is -0.0363. The van der Waals surface area contributed by atoms with Crippen LogP contribution in [0, 0.1) is 5.92 Å². The molecule has 0 aromatic carbocycles. The molecule has 2 rings (SSSR count). The molecule has 1 aliphatic heterocycles. The third kappa shape index (κ3) is 1.24. The number of carboxylic acids is 1. The summed E-state index contributed by atoms with van der Waals surface area (Å²) in [6.07, 6.45) is 6.91. The lowest BCUT2D eigenvalue weighted by molar-refractivity contribution is -0.133. The van der Waals surface area contributed by atoms with E-state index in [1.54, 1.807) is 18.4 Å². The quantitative estimate of drug-likeness (QED) is 0.578. The van der Waals surface area contributed by atoms with Crippen molar-refractivity contribution in [3.8, 4) is 0 Å². The Morgan fingerprint density at radius 3 is 3.00 bits per heavy atom. The fourth-order valence-corrected chi connectivity index (χ4v) is 1.87. The van der Waals surface area contributed by atoms with Gasteiger partial charge in [0.05, 0.1) is 18.2 Å². The molecule has 2 atom stereocenters. The molecule has 0 saturated carbocycles. The first-order valence-corrected chi connectivity index (χ1v) is 4.41. The van der Waals surface area contributed by atoms with Gasteiger partial charge < -0.3 is 15.5 Å². The first-order valence-electron chi connectivity index (χ1n) is 4.41. The maximum absolute atomic E-state index is 10.9. The average Bonchev–Trinajstić information content (AvgIpc) is 2.59. The summed E-state index contributed by atoms with van der Waals surface area (Å²) in [5, 5.41) is 20.9. The number of aliphatic hydroxyl groups is 1. The normalized spacial score (nSPS) is 28.9. The highest BCUT2D eigenvalue weighted by molar-refractivity contribution is 5.89. The molecule has 0 radical (unpaired) electrons. The summed E-state index contributed by atoms with van der Waals surface area (Å²) < 4.78 is 0. The maximum Gasteiger partial charge on any atom is 0.333 e. The van der Waals surface area contributed by atoms with Crippen LogP contribution in [-0.4, -0.2) is 28.8 Å². The number of carbonyl (C=O) groups is 1. The van der Waals surface area contributed by atoms with Crippen molar-refractivity contribution in [3.63, 3.8) is 0 Å². The van der Waals surface area contributed by atoms with E-state index in [0.717, 1.165) is 5.57 Å². The molecule has 4 nitrogen and oxygen atoms in total. The van der Waals surface area contributed by atoms with E-state index < -0.39 is 5.97 Å². The Balaban J connectivity index is 2.27. The van der Waals surface area contributed by atoms with Gasteiger partial charge >= 0.3 is 5.97 Å². The Morgan fingerprint density at radius 2 is 2.36 bits per heavy atom. The number of aliphatic carboxylic acids is 1. The van der Waals surface area contributed by atoms with Crippen molar-refractivity contribution in [3.05, 3.63) is 35.6 Å². The number of hydrogen-bond acceptors (Lipinski definition) is 3. The zero-order valence-corrected chi connectivity index (χ0v) is 7.47. The summed E-state index contributed by atoms with van der Waals surface area (Å²) in [5.74, 6) is -0.930. The van der Waals surface area contributed by atoms with Crippen LogP contribution < -0.4 is 5.32 Å². The second-order valence-electron chi connectivity index (χ2n) is 3.36. The van der Waals surface area contributed by atoms with Crippen molar-refractivity contribution >= 4 is 5.97 Å². The molecule has 14 heavy (non-hydrogen) atoms. The van der Waals surface area contributed by atoms with Crippen LogP contribution in [0.3, 0.4) is 0 Å². The van der Waals surface area contributed by atoms with Gasteiger partial charge in [0.15, 0.2) is 0 Å². The van der Waals surface area contributed by atoms with Gasteiger partial charge in [-0.2, -0.15) is 0 Å². The highest BCUT2D eigenvalue weighted by Gasteiger charge is 2.34. The van der Waals surface area contributed by atoms with Crippen LogP contribution >= 0.6 is 0 Å². The lowest BCUT2D eigenvalue weighted by atomic mass is 9.86. The van der Waals surface area contributed by atoms with E-state index in [1.807, 2.05) is 6.08 Å². The Hall–Kier alpha value is -1.55. The molecule has 3 N–H and O–H groups in total. The number of rotatable bonds is 2. The molecule has 0 spiro atoms. The summed E-state index contributed by atoms with van der Waals surface area (Å²) in [4.78, 5) is 10.9. The van der Waals surface area contributed by atoms with Crippen LogP contribution in [0.25, 0.3) is 0 Å². The van der Waals surface area contributed by atoms with Crippen LogP contribution in [-0.2, 0) is 4.79 Å². The molecule has 2 aliphatic rings. The molecule has 2 unspecified atom stereocenters. The molecule has 0 fully saturated rings. The first kappa shape index (κ1) is 9.02. The maximum atomic E-state index is 10.9. The number of fused-ring (bicyclic) bond motifs is 1. The third-order valence-corrected chi connectivity index (χ3v) is 2.59. The summed E-state index contributed by atoms with van der Waals surface area (Å²) in [6, 6.07) is -0.223. The van der Waals surface area contributed by atoms with E-state index in [0.29, 0.717) is 5.57 Å². The SMILES string of the molecule is O=C(O)C1=CC=CC2C(CO)=CNC12. The van der Waals surface area contributed by atoms with Crippen molar-refractivity contribution in [2.75, 3.05) is 6.61 Å². The van der Waals surface area contributed by atoms with Crippen molar-refractivity contribution in [2.45, 2.75) is 6.04 Å². The van der Waals surface area contributed by atoms with Crippen LogP contribution in [0.1, 0.15) is 0 Å². The molecular formula is C10H11NO3. The fraction of sp³-hybridized carbons (Fsp3) is 0.300. The van der Waals surface area contributed by atoms with Crippen LogP contribution in [0.2, 0.25) is 0 Å². The predicted octanol–water partition coefficient (Wildman–Crippen LogP) is 0.0314. The van der Waals surface area contributed by atoms with E-state index in [-0.39, 0.29) is 18.6 Å². The third-order valence-electron chi connectivity index (χ3n) is 2.59. The largest absolute Gasteiger partial charge is 0.478 e. The van der Waals surface area contributed by atoms with Crippen molar-refractivity contribution < 1.29 is 15.0 Å². The molecule has 4 heteroatoms. The molecule has 1 aliphatic carbocycles. The van der Waals surface area contributed by atoms with Crippen LogP contribution in [0.5, 0.6) is 0 Å². The Kier molecular flexibility index (Phi) is 2.13. The van der Waals surface area contributed by atoms with Gasteiger partial charge in [-0.3, -0.25) is 0 Å². The van der Waals surface area contributed by atoms with Crippen molar-refractivity contribution in [1.29, 1.82) is 0 Å². The van der Waals surface area contributed by atoms with Gasteiger partial charge in [-0.05, 0) is 17.8 Å². The highest BCUT2D eigenvalue weighted by Crippen LogP contribution is 2.29.